The van der Waals surface area contributed by atoms with Crippen LogP contribution in [-0.2, 0) is 6.42 Å². The number of aromatic nitrogens is 1. The van der Waals surface area contributed by atoms with Crippen LogP contribution in [0.5, 0.6) is 0 Å². The monoisotopic (exact) mass is 353 g/mol. The summed E-state index contributed by atoms with van der Waals surface area (Å²) in [6, 6.07) is 23.4. The molecule has 0 saturated carbocycles. The maximum Gasteiger partial charge on any atom is 0.176 e. The highest BCUT2D eigenvalue weighted by Crippen LogP contribution is 2.26. The summed E-state index contributed by atoms with van der Waals surface area (Å²) >= 11 is 11.3. The molecule has 0 radical (unpaired) electrons. The first-order valence-electron chi connectivity index (χ1n) is 7.48. The van der Waals surface area contributed by atoms with Crippen LogP contribution < -0.4 is 10.6 Å². The first-order valence-corrected chi connectivity index (χ1v) is 8.27. The SMILES string of the molecule is NC(=S)N(c1cccc(Cl)c1)c1cccc(Cc2ccccc2)n1. The average Bonchev–Trinajstić information content (AvgIpc) is 2.56. The number of anilines is 2. The number of nitrogens with two attached hydrogens (primary N) is 1. The van der Waals surface area contributed by atoms with E-state index < -0.39 is 0 Å². The third-order valence-electron chi connectivity index (χ3n) is 3.54. The number of benzene rings is 2. The van der Waals surface area contributed by atoms with Gasteiger partial charge in [0.15, 0.2) is 5.11 Å². The van der Waals surface area contributed by atoms with E-state index in [-0.39, 0.29) is 5.11 Å². The molecule has 0 amide bonds. The summed E-state index contributed by atoms with van der Waals surface area (Å²) in [5.41, 5.74) is 8.87. The number of hydrogen-bond acceptors (Lipinski definition) is 2. The Hall–Kier alpha value is -2.43. The van der Waals surface area contributed by atoms with Gasteiger partial charge in [-0.1, -0.05) is 54.1 Å². The van der Waals surface area contributed by atoms with Crippen LogP contribution >= 0.6 is 23.8 Å². The maximum absolute atomic E-state index is 6.09. The Bertz CT molecular complexity index is 852. The van der Waals surface area contributed by atoms with E-state index in [0.717, 1.165) is 17.8 Å². The molecule has 3 rings (SSSR count). The Balaban J connectivity index is 1.94. The van der Waals surface area contributed by atoms with Crippen LogP contribution in [0.15, 0.2) is 72.8 Å². The minimum atomic E-state index is 0.224. The van der Waals surface area contributed by atoms with Gasteiger partial charge >= 0.3 is 0 Å². The molecule has 0 spiro atoms. The predicted octanol–water partition coefficient (Wildman–Crippen LogP) is 4.71. The first kappa shape index (κ1) is 16.4. The molecule has 0 saturated heterocycles. The van der Waals surface area contributed by atoms with Crippen LogP contribution in [0.2, 0.25) is 5.02 Å². The summed E-state index contributed by atoms with van der Waals surface area (Å²) in [5, 5.41) is 0.843. The standard InChI is InChI=1S/C19H16ClN3S/c20-15-8-4-10-17(13-15)23(19(21)24)18-11-5-9-16(22-18)12-14-6-2-1-3-7-14/h1-11,13H,12H2,(H2,21,24). The fourth-order valence-corrected chi connectivity index (χ4v) is 2.87. The van der Waals surface area contributed by atoms with Gasteiger partial charge in [0.25, 0.3) is 0 Å². The maximum atomic E-state index is 6.09. The normalized spacial score (nSPS) is 10.4. The Morgan fingerprint density at radius 3 is 2.46 bits per heavy atom. The van der Waals surface area contributed by atoms with E-state index in [1.54, 1.807) is 4.90 Å². The summed E-state index contributed by atoms with van der Waals surface area (Å²) in [6.45, 7) is 0. The minimum Gasteiger partial charge on any atom is -0.376 e. The summed E-state index contributed by atoms with van der Waals surface area (Å²) in [4.78, 5) is 6.43. The van der Waals surface area contributed by atoms with Crippen molar-refractivity contribution in [1.29, 1.82) is 0 Å². The Kier molecular flexibility index (Phi) is 5.08. The number of pyridine rings is 1. The van der Waals surface area contributed by atoms with Gasteiger partial charge in [0, 0.05) is 17.1 Å². The van der Waals surface area contributed by atoms with Crippen molar-refractivity contribution in [1.82, 2.24) is 4.98 Å². The molecule has 3 aromatic rings. The summed E-state index contributed by atoms with van der Waals surface area (Å²) in [7, 11) is 0. The van der Waals surface area contributed by atoms with Crippen molar-refractivity contribution < 1.29 is 0 Å². The lowest BCUT2D eigenvalue weighted by Crippen LogP contribution is -2.32. The van der Waals surface area contributed by atoms with Gasteiger partial charge in [-0.3, -0.25) is 4.90 Å². The van der Waals surface area contributed by atoms with E-state index >= 15 is 0 Å². The molecular weight excluding hydrogens is 338 g/mol. The van der Waals surface area contributed by atoms with Crippen LogP contribution in [0.1, 0.15) is 11.3 Å². The van der Waals surface area contributed by atoms with Crippen molar-refractivity contribution in [3.8, 4) is 0 Å². The number of nitrogens with zero attached hydrogens (tertiary/aromatic N) is 2. The highest BCUT2D eigenvalue weighted by molar-refractivity contribution is 7.80. The minimum absolute atomic E-state index is 0.224. The van der Waals surface area contributed by atoms with Gasteiger partial charge in [-0.05, 0) is 48.1 Å². The third-order valence-corrected chi connectivity index (χ3v) is 3.95. The molecule has 1 aromatic heterocycles. The van der Waals surface area contributed by atoms with E-state index in [1.165, 1.54) is 5.56 Å². The second kappa shape index (κ2) is 7.43. The second-order valence-electron chi connectivity index (χ2n) is 5.30. The van der Waals surface area contributed by atoms with Crippen LogP contribution in [-0.4, -0.2) is 10.1 Å². The lowest BCUT2D eigenvalue weighted by molar-refractivity contribution is 1.06. The molecule has 1 heterocycles. The van der Waals surface area contributed by atoms with Crippen molar-refractivity contribution in [2.75, 3.05) is 4.90 Å². The Morgan fingerprint density at radius 2 is 1.75 bits per heavy atom. The van der Waals surface area contributed by atoms with Crippen molar-refractivity contribution in [2.45, 2.75) is 6.42 Å². The van der Waals surface area contributed by atoms with Crippen LogP contribution in [0.4, 0.5) is 11.5 Å². The first-order chi connectivity index (χ1) is 11.6. The molecule has 3 nitrogen and oxygen atoms in total. The van der Waals surface area contributed by atoms with Crippen molar-refractivity contribution in [3.63, 3.8) is 0 Å². The highest BCUT2D eigenvalue weighted by atomic mass is 35.5. The van der Waals surface area contributed by atoms with Crippen molar-refractivity contribution >= 4 is 40.4 Å². The van der Waals surface area contributed by atoms with Crippen molar-refractivity contribution in [2.24, 2.45) is 5.73 Å². The zero-order chi connectivity index (χ0) is 16.9. The van der Waals surface area contributed by atoms with Gasteiger partial charge in [0.2, 0.25) is 0 Å². The zero-order valence-corrected chi connectivity index (χ0v) is 14.5. The molecule has 0 unspecified atom stereocenters. The van der Waals surface area contributed by atoms with E-state index in [1.807, 2.05) is 60.7 Å². The fourth-order valence-electron chi connectivity index (χ4n) is 2.48. The average molecular weight is 354 g/mol. The lowest BCUT2D eigenvalue weighted by Gasteiger charge is -2.22. The molecule has 0 aliphatic heterocycles. The van der Waals surface area contributed by atoms with Gasteiger partial charge in [0.1, 0.15) is 5.82 Å². The molecule has 120 valence electrons. The number of thiocarbonyl (C=S) groups is 1. The van der Waals surface area contributed by atoms with Gasteiger partial charge in [0.05, 0.1) is 5.69 Å². The summed E-state index contributed by atoms with van der Waals surface area (Å²) in [6.07, 6.45) is 0.745. The van der Waals surface area contributed by atoms with Crippen LogP contribution in [0.3, 0.4) is 0 Å². The molecule has 5 heteroatoms. The van der Waals surface area contributed by atoms with E-state index in [4.69, 9.17) is 34.5 Å². The molecule has 0 fully saturated rings. The van der Waals surface area contributed by atoms with E-state index in [2.05, 4.69) is 12.1 Å². The second-order valence-corrected chi connectivity index (χ2v) is 6.16. The van der Waals surface area contributed by atoms with E-state index in [9.17, 15) is 0 Å². The quantitative estimate of drug-likeness (QED) is 0.690. The smallest absolute Gasteiger partial charge is 0.176 e. The number of halogens is 1. The molecule has 0 aliphatic rings. The van der Waals surface area contributed by atoms with Gasteiger partial charge in [-0.2, -0.15) is 0 Å². The van der Waals surface area contributed by atoms with Gasteiger partial charge < -0.3 is 5.73 Å². The molecular formula is C19H16ClN3S. The molecule has 0 bridgehead atoms. The highest BCUT2D eigenvalue weighted by Gasteiger charge is 2.14. The largest absolute Gasteiger partial charge is 0.376 e. The topological polar surface area (TPSA) is 42.1 Å². The third kappa shape index (κ3) is 3.91. The lowest BCUT2D eigenvalue weighted by atomic mass is 10.1. The molecule has 2 aromatic carbocycles. The number of hydrogen-bond donors (Lipinski definition) is 1. The Morgan fingerprint density at radius 1 is 1.00 bits per heavy atom. The van der Waals surface area contributed by atoms with Gasteiger partial charge in [-0.25, -0.2) is 4.98 Å². The fraction of sp³-hybridized carbons (Fsp3) is 0.0526. The molecule has 0 atom stereocenters. The predicted molar refractivity (Wildman–Crippen MR) is 104 cm³/mol. The molecule has 0 aliphatic carbocycles. The zero-order valence-electron chi connectivity index (χ0n) is 12.9. The summed E-state index contributed by atoms with van der Waals surface area (Å²) in [5.74, 6) is 0.679. The molecule has 24 heavy (non-hydrogen) atoms. The number of rotatable bonds is 4. The molecule has 2 N–H and O–H groups in total. The van der Waals surface area contributed by atoms with Crippen LogP contribution in [0.25, 0.3) is 0 Å². The van der Waals surface area contributed by atoms with Gasteiger partial charge in [-0.15, -0.1) is 0 Å². The Labute approximate surface area is 151 Å². The van der Waals surface area contributed by atoms with Crippen molar-refractivity contribution in [3.05, 3.63) is 89.1 Å². The van der Waals surface area contributed by atoms with Crippen LogP contribution in [0, 0.1) is 0 Å². The van der Waals surface area contributed by atoms with E-state index in [0.29, 0.717) is 10.8 Å². The summed E-state index contributed by atoms with van der Waals surface area (Å²) < 4.78 is 0.